The minimum absolute atomic E-state index is 0.155. The van der Waals surface area contributed by atoms with Crippen molar-refractivity contribution < 1.29 is 9.53 Å². The van der Waals surface area contributed by atoms with Gasteiger partial charge in [-0.1, -0.05) is 11.6 Å². The second-order valence-electron chi connectivity index (χ2n) is 3.52. The van der Waals surface area contributed by atoms with E-state index >= 15 is 0 Å². The van der Waals surface area contributed by atoms with Crippen molar-refractivity contribution in [2.45, 2.75) is 0 Å². The zero-order valence-corrected chi connectivity index (χ0v) is 10.2. The van der Waals surface area contributed by atoms with Crippen molar-refractivity contribution in [3.8, 4) is 5.75 Å². The topological polar surface area (TPSA) is 44.1 Å². The lowest BCUT2D eigenvalue weighted by Gasteiger charge is -2.04. The van der Waals surface area contributed by atoms with Crippen molar-refractivity contribution in [2.24, 2.45) is 7.05 Å². The molecule has 0 aliphatic heterocycles. The van der Waals surface area contributed by atoms with Gasteiger partial charge in [-0.05, 0) is 24.3 Å². The molecule has 1 heterocycles. The Kier molecular flexibility index (Phi) is 3.15. The quantitative estimate of drug-likeness (QED) is 0.786. The average molecular weight is 251 g/mol. The number of hydrogen-bond donors (Lipinski definition) is 0. The van der Waals surface area contributed by atoms with Crippen LogP contribution in [0.15, 0.2) is 30.5 Å². The van der Waals surface area contributed by atoms with Gasteiger partial charge in [0, 0.05) is 12.6 Å². The molecule has 0 fully saturated rings. The van der Waals surface area contributed by atoms with E-state index in [-0.39, 0.29) is 5.78 Å². The largest absolute Gasteiger partial charge is 0.497 e. The number of rotatable bonds is 3. The van der Waals surface area contributed by atoms with E-state index in [1.54, 1.807) is 38.4 Å². The van der Waals surface area contributed by atoms with Crippen molar-refractivity contribution in [1.82, 2.24) is 9.78 Å². The minimum Gasteiger partial charge on any atom is -0.497 e. The van der Waals surface area contributed by atoms with Gasteiger partial charge in [0.15, 0.2) is 0 Å². The maximum absolute atomic E-state index is 12.2. The summed E-state index contributed by atoms with van der Waals surface area (Å²) >= 11 is 5.92. The highest BCUT2D eigenvalue weighted by molar-refractivity contribution is 6.34. The Morgan fingerprint density at radius 3 is 2.47 bits per heavy atom. The van der Waals surface area contributed by atoms with E-state index in [9.17, 15) is 4.79 Å². The lowest BCUT2D eigenvalue weighted by atomic mass is 10.1. The van der Waals surface area contributed by atoms with Crippen molar-refractivity contribution in [1.29, 1.82) is 0 Å². The van der Waals surface area contributed by atoms with Crippen LogP contribution < -0.4 is 4.74 Å². The van der Waals surface area contributed by atoms with Gasteiger partial charge in [0.25, 0.3) is 0 Å². The Morgan fingerprint density at radius 1 is 1.35 bits per heavy atom. The van der Waals surface area contributed by atoms with Crippen LogP contribution in [0.25, 0.3) is 0 Å². The molecule has 1 aromatic carbocycles. The van der Waals surface area contributed by atoms with Gasteiger partial charge in [0.2, 0.25) is 5.78 Å². The third-order valence-electron chi connectivity index (χ3n) is 2.46. The van der Waals surface area contributed by atoms with Gasteiger partial charge in [-0.2, -0.15) is 5.10 Å². The van der Waals surface area contributed by atoms with E-state index in [2.05, 4.69) is 5.10 Å². The standard InChI is InChI=1S/C12H11ClN2O2/c1-15-11(10(13)7-14-15)12(16)8-3-5-9(17-2)6-4-8/h3-7H,1-2H3. The molecule has 2 rings (SSSR count). The predicted octanol–water partition coefficient (Wildman–Crippen LogP) is 2.31. The molecule has 4 nitrogen and oxygen atoms in total. The second-order valence-corrected chi connectivity index (χ2v) is 3.93. The van der Waals surface area contributed by atoms with Crippen LogP contribution in [0.1, 0.15) is 16.1 Å². The van der Waals surface area contributed by atoms with Gasteiger partial charge in [-0.3, -0.25) is 9.48 Å². The lowest BCUT2D eigenvalue weighted by Crippen LogP contribution is -2.08. The Hall–Kier alpha value is -1.81. The molecular weight excluding hydrogens is 240 g/mol. The van der Waals surface area contributed by atoms with E-state index < -0.39 is 0 Å². The molecule has 0 unspecified atom stereocenters. The van der Waals surface area contributed by atoms with Crippen LogP contribution in [0.2, 0.25) is 5.02 Å². The SMILES string of the molecule is COc1ccc(C(=O)c2c(Cl)cnn2C)cc1. The van der Waals surface area contributed by atoms with Crippen LogP contribution in [-0.4, -0.2) is 22.7 Å². The number of carbonyl (C=O) groups is 1. The molecule has 0 aliphatic carbocycles. The van der Waals surface area contributed by atoms with E-state index in [0.717, 1.165) is 0 Å². The highest BCUT2D eigenvalue weighted by atomic mass is 35.5. The number of carbonyl (C=O) groups excluding carboxylic acids is 1. The first-order valence-electron chi connectivity index (χ1n) is 4.99. The Balaban J connectivity index is 2.37. The van der Waals surface area contributed by atoms with E-state index in [1.165, 1.54) is 10.9 Å². The molecule has 0 amide bonds. The second kappa shape index (κ2) is 4.59. The third kappa shape index (κ3) is 2.17. The molecule has 0 atom stereocenters. The summed E-state index contributed by atoms with van der Waals surface area (Å²) in [6.07, 6.45) is 1.46. The first-order valence-corrected chi connectivity index (χ1v) is 5.37. The van der Waals surface area contributed by atoms with Gasteiger partial charge in [-0.25, -0.2) is 0 Å². The fraction of sp³-hybridized carbons (Fsp3) is 0.167. The average Bonchev–Trinajstić information content (AvgIpc) is 2.68. The summed E-state index contributed by atoms with van der Waals surface area (Å²) in [4.78, 5) is 12.2. The number of methoxy groups -OCH3 is 1. The van der Waals surface area contributed by atoms with Crippen LogP contribution in [0.3, 0.4) is 0 Å². The molecule has 88 valence electrons. The number of ketones is 1. The van der Waals surface area contributed by atoms with Crippen molar-refractivity contribution >= 4 is 17.4 Å². The van der Waals surface area contributed by atoms with E-state index in [0.29, 0.717) is 22.0 Å². The fourth-order valence-electron chi connectivity index (χ4n) is 1.55. The highest BCUT2D eigenvalue weighted by Crippen LogP contribution is 2.20. The van der Waals surface area contributed by atoms with Crippen LogP contribution in [-0.2, 0) is 7.05 Å². The Bertz CT molecular complexity index is 527. The number of aromatic nitrogens is 2. The van der Waals surface area contributed by atoms with E-state index in [1.807, 2.05) is 0 Å². The molecule has 0 aliphatic rings. The molecule has 0 radical (unpaired) electrons. The molecule has 2 aromatic rings. The molecule has 5 heteroatoms. The predicted molar refractivity (Wildman–Crippen MR) is 64.6 cm³/mol. The van der Waals surface area contributed by atoms with Crippen LogP contribution in [0.5, 0.6) is 5.75 Å². The van der Waals surface area contributed by atoms with Gasteiger partial charge >= 0.3 is 0 Å². The summed E-state index contributed by atoms with van der Waals surface area (Å²) in [6, 6.07) is 6.87. The zero-order chi connectivity index (χ0) is 12.4. The molecule has 0 spiro atoms. The smallest absolute Gasteiger partial charge is 0.212 e. The van der Waals surface area contributed by atoms with Gasteiger partial charge < -0.3 is 4.74 Å². The lowest BCUT2D eigenvalue weighted by molar-refractivity contribution is 0.103. The highest BCUT2D eigenvalue weighted by Gasteiger charge is 2.17. The maximum atomic E-state index is 12.2. The summed E-state index contributed by atoms with van der Waals surface area (Å²) in [5.74, 6) is 0.551. The van der Waals surface area contributed by atoms with Crippen LogP contribution in [0, 0.1) is 0 Å². The maximum Gasteiger partial charge on any atom is 0.212 e. The zero-order valence-electron chi connectivity index (χ0n) is 9.48. The van der Waals surface area contributed by atoms with Crippen LogP contribution in [0.4, 0.5) is 0 Å². The van der Waals surface area contributed by atoms with Crippen LogP contribution >= 0.6 is 11.6 Å². The number of aryl methyl sites for hydroxylation is 1. The third-order valence-corrected chi connectivity index (χ3v) is 2.74. The fourth-order valence-corrected chi connectivity index (χ4v) is 1.80. The number of hydrogen-bond acceptors (Lipinski definition) is 3. The molecule has 0 saturated carbocycles. The summed E-state index contributed by atoms with van der Waals surface area (Å²) < 4.78 is 6.50. The normalized spacial score (nSPS) is 10.3. The van der Waals surface area contributed by atoms with Gasteiger partial charge in [0.1, 0.15) is 11.4 Å². The molecule has 1 aromatic heterocycles. The Labute approximate surface area is 104 Å². The summed E-state index contributed by atoms with van der Waals surface area (Å²) in [6.45, 7) is 0. The molecule has 0 bridgehead atoms. The number of nitrogens with zero attached hydrogens (tertiary/aromatic N) is 2. The molecular formula is C12H11ClN2O2. The summed E-state index contributed by atoms with van der Waals surface area (Å²) in [5.41, 5.74) is 0.938. The summed E-state index contributed by atoms with van der Waals surface area (Å²) in [5, 5.41) is 4.29. The van der Waals surface area contributed by atoms with Gasteiger partial charge in [0.05, 0.1) is 18.3 Å². The van der Waals surface area contributed by atoms with Crippen molar-refractivity contribution in [3.63, 3.8) is 0 Å². The van der Waals surface area contributed by atoms with Crippen molar-refractivity contribution in [2.75, 3.05) is 7.11 Å². The summed E-state index contributed by atoms with van der Waals surface area (Å²) in [7, 11) is 3.26. The number of ether oxygens (including phenoxy) is 1. The first kappa shape index (κ1) is 11.7. The van der Waals surface area contributed by atoms with Gasteiger partial charge in [-0.15, -0.1) is 0 Å². The Morgan fingerprint density at radius 2 is 2.00 bits per heavy atom. The first-order chi connectivity index (χ1) is 8.13. The number of benzene rings is 1. The van der Waals surface area contributed by atoms with Crippen molar-refractivity contribution in [3.05, 3.63) is 46.7 Å². The number of halogens is 1. The molecule has 17 heavy (non-hydrogen) atoms. The molecule has 0 saturated heterocycles. The molecule has 0 N–H and O–H groups in total. The minimum atomic E-state index is -0.155. The monoisotopic (exact) mass is 250 g/mol. The van der Waals surface area contributed by atoms with E-state index in [4.69, 9.17) is 16.3 Å².